The summed E-state index contributed by atoms with van der Waals surface area (Å²) in [7, 11) is -4.10. The fraction of sp³-hybridized carbons (Fsp3) is 0. The maximum Gasteiger partial charge on any atom is 0.269 e. The molecule has 1 heterocycles. The van der Waals surface area contributed by atoms with Gasteiger partial charge in [0.05, 0.1) is 20.9 Å². The molecule has 0 radical (unpaired) electrons. The predicted molar refractivity (Wildman–Crippen MR) is 131 cm³/mol. The van der Waals surface area contributed by atoms with Crippen molar-refractivity contribution in [1.29, 1.82) is 0 Å². The number of rotatable bonds is 6. The first kappa shape index (κ1) is 21.3. The summed E-state index contributed by atoms with van der Waals surface area (Å²) in [6, 6.07) is 25.2. The van der Waals surface area contributed by atoms with Gasteiger partial charge in [-0.2, -0.15) is 0 Å². The van der Waals surface area contributed by atoms with Gasteiger partial charge in [0, 0.05) is 23.2 Å². The van der Waals surface area contributed by atoms with Crippen LogP contribution in [-0.2, 0) is 10.0 Å². The van der Waals surface area contributed by atoms with Crippen LogP contribution in [0.2, 0.25) is 0 Å². The van der Waals surface area contributed by atoms with Crippen LogP contribution in [0.1, 0.15) is 0 Å². The number of fused-ring (bicyclic) bond motifs is 2. The Hall–Kier alpha value is -4.57. The van der Waals surface area contributed by atoms with Gasteiger partial charge < -0.3 is 5.32 Å². The Morgan fingerprint density at radius 3 is 2.06 bits per heavy atom. The molecule has 34 heavy (non-hydrogen) atoms. The van der Waals surface area contributed by atoms with Crippen molar-refractivity contribution in [3.8, 4) is 0 Å². The van der Waals surface area contributed by atoms with Crippen LogP contribution in [0, 0.1) is 10.1 Å². The quantitative estimate of drug-likeness (QED) is 0.256. The lowest BCUT2D eigenvalue weighted by Crippen LogP contribution is -2.16. The van der Waals surface area contributed by atoms with Crippen molar-refractivity contribution in [2.75, 3.05) is 10.0 Å². The lowest BCUT2D eigenvalue weighted by Gasteiger charge is -2.15. The van der Waals surface area contributed by atoms with Crippen molar-refractivity contribution < 1.29 is 13.3 Å². The molecule has 5 aromatic rings. The molecule has 5 rings (SSSR count). The van der Waals surface area contributed by atoms with E-state index >= 15 is 0 Å². The molecule has 2 N–H and O–H groups in total. The molecule has 9 nitrogen and oxygen atoms in total. The molecule has 0 saturated heterocycles. The third kappa shape index (κ3) is 4.09. The Labute approximate surface area is 194 Å². The molecule has 0 fully saturated rings. The summed E-state index contributed by atoms with van der Waals surface area (Å²) in [5.74, 6) is 0.227. The fourth-order valence-electron chi connectivity index (χ4n) is 3.55. The molecule has 10 heteroatoms. The van der Waals surface area contributed by atoms with E-state index in [0.29, 0.717) is 11.0 Å². The van der Waals surface area contributed by atoms with Gasteiger partial charge in [-0.25, -0.2) is 18.4 Å². The Kier molecular flexibility index (Phi) is 5.27. The summed E-state index contributed by atoms with van der Waals surface area (Å²) in [4.78, 5) is 19.3. The number of benzene rings is 4. The fourth-order valence-corrected chi connectivity index (χ4v) is 4.56. The number of anilines is 3. The SMILES string of the molecule is O=[N+]([O-])c1ccc(S(=O)(=O)Nc2nc3ccccc3nc2Nc2cccc3ccccc23)cc1. The van der Waals surface area contributed by atoms with E-state index in [1.54, 1.807) is 18.2 Å². The highest BCUT2D eigenvalue weighted by Crippen LogP contribution is 2.31. The zero-order valence-corrected chi connectivity index (χ0v) is 18.4. The Balaban J connectivity index is 1.58. The largest absolute Gasteiger partial charge is 0.337 e. The van der Waals surface area contributed by atoms with Crippen LogP contribution in [0.3, 0.4) is 0 Å². The molecule has 0 unspecified atom stereocenters. The van der Waals surface area contributed by atoms with Crippen molar-refractivity contribution in [3.63, 3.8) is 0 Å². The van der Waals surface area contributed by atoms with E-state index in [2.05, 4.69) is 20.0 Å². The molecule has 0 aliphatic rings. The zero-order chi connectivity index (χ0) is 23.7. The topological polar surface area (TPSA) is 127 Å². The molecule has 168 valence electrons. The summed E-state index contributed by atoms with van der Waals surface area (Å²) < 4.78 is 28.6. The maximum absolute atomic E-state index is 13.1. The highest BCUT2D eigenvalue weighted by molar-refractivity contribution is 7.92. The van der Waals surface area contributed by atoms with Gasteiger partial charge >= 0.3 is 0 Å². The average molecular weight is 471 g/mol. The summed E-state index contributed by atoms with van der Waals surface area (Å²) in [6.45, 7) is 0. The number of nitro groups is 1. The molecule has 0 aliphatic heterocycles. The van der Waals surface area contributed by atoms with E-state index in [0.717, 1.165) is 28.6 Å². The standard InChI is InChI=1S/C24H17N5O4S/c30-29(31)17-12-14-18(15-13-17)34(32,33)28-24-23(26-21-9-3-4-10-22(21)27-24)25-20-11-5-7-16-6-1-2-8-19(16)20/h1-15H,(H,25,26)(H,27,28). The van der Waals surface area contributed by atoms with Crippen LogP contribution in [0.5, 0.6) is 0 Å². The number of non-ortho nitro benzene ring substituents is 1. The third-order valence-corrected chi connectivity index (χ3v) is 6.56. The highest BCUT2D eigenvalue weighted by atomic mass is 32.2. The van der Waals surface area contributed by atoms with Gasteiger partial charge in [0.1, 0.15) is 0 Å². The molecule has 4 aromatic carbocycles. The van der Waals surface area contributed by atoms with Crippen molar-refractivity contribution in [1.82, 2.24) is 9.97 Å². The van der Waals surface area contributed by atoms with Gasteiger partial charge in [0.25, 0.3) is 15.7 Å². The summed E-state index contributed by atoms with van der Waals surface area (Å²) in [6.07, 6.45) is 0. The second-order valence-electron chi connectivity index (χ2n) is 7.42. The van der Waals surface area contributed by atoms with Crippen LogP contribution < -0.4 is 10.0 Å². The molecular weight excluding hydrogens is 454 g/mol. The van der Waals surface area contributed by atoms with Crippen LogP contribution >= 0.6 is 0 Å². The number of para-hydroxylation sites is 2. The second kappa shape index (κ2) is 8.41. The Morgan fingerprint density at radius 2 is 1.35 bits per heavy atom. The first-order valence-corrected chi connectivity index (χ1v) is 11.7. The molecule has 0 atom stereocenters. The van der Waals surface area contributed by atoms with E-state index in [1.807, 2.05) is 48.5 Å². The first-order valence-electron chi connectivity index (χ1n) is 10.2. The van der Waals surface area contributed by atoms with E-state index in [9.17, 15) is 18.5 Å². The number of nitro benzene ring substituents is 1. The number of hydrogen-bond acceptors (Lipinski definition) is 7. The number of nitrogens with one attached hydrogen (secondary N) is 2. The average Bonchev–Trinajstić information content (AvgIpc) is 2.84. The Bertz CT molecular complexity index is 1650. The van der Waals surface area contributed by atoms with Crippen molar-refractivity contribution in [2.24, 2.45) is 0 Å². The zero-order valence-electron chi connectivity index (χ0n) is 17.5. The summed E-state index contributed by atoms with van der Waals surface area (Å²) >= 11 is 0. The van der Waals surface area contributed by atoms with E-state index in [4.69, 9.17) is 0 Å². The van der Waals surface area contributed by atoms with Gasteiger partial charge in [-0.05, 0) is 35.7 Å². The van der Waals surface area contributed by atoms with E-state index < -0.39 is 14.9 Å². The summed E-state index contributed by atoms with van der Waals surface area (Å²) in [5.41, 5.74) is 1.62. The van der Waals surface area contributed by atoms with E-state index in [-0.39, 0.29) is 22.2 Å². The van der Waals surface area contributed by atoms with Crippen molar-refractivity contribution in [3.05, 3.63) is 101 Å². The first-order chi connectivity index (χ1) is 16.4. The molecule has 0 amide bonds. The lowest BCUT2D eigenvalue weighted by molar-refractivity contribution is -0.384. The van der Waals surface area contributed by atoms with Crippen LogP contribution in [0.4, 0.5) is 23.0 Å². The van der Waals surface area contributed by atoms with Gasteiger partial charge in [-0.15, -0.1) is 0 Å². The molecule has 1 aromatic heterocycles. The van der Waals surface area contributed by atoms with Gasteiger partial charge in [0.15, 0.2) is 11.6 Å². The predicted octanol–water partition coefficient (Wildman–Crippen LogP) is 5.24. The lowest BCUT2D eigenvalue weighted by atomic mass is 10.1. The van der Waals surface area contributed by atoms with Gasteiger partial charge in [-0.3, -0.25) is 14.8 Å². The monoisotopic (exact) mass is 471 g/mol. The van der Waals surface area contributed by atoms with Gasteiger partial charge in [-0.1, -0.05) is 48.5 Å². The number of hydrogen-bond donors (Lipinski definition) is 2. The second-order valence-corrected chi connectivity index (χ2v) is 9.10. The minimum absolute atomic E-state index is 0.00462. The van der Waals surface area contributed by atoms with Crippen LogP contribution in [0.25, 0.3) is 21.8 Å². The molecular formula is C24H17N5O4S. The normalized spacial score (nSPS) is 11.4. The minimum atomic E-state index is -4.10. The Morgan fingerprint density at radius 1 is 0.735 bits per heavy atom. The van der Waals surface area contributed by atoms with E-state index in [1.165, 1.54) is 12.1 Å². The number of aromatic nitrogens is 2. The highest BCUT2D eigenvalue weighted by Gasteiger charge is 2.20. The number of nitrogens with zero attached hydrogens (tertiary/aromatic N) is 3. The third-order valence-electron chi connectivity index (χ3n) is 5.20. The van der Waals surface area contributed by atoms with Crippen molar-refractivity contribution in [2.45, 2.75) is 4.90 Å². The number of sulfonamides is 1. The van der Waals surface area contributed by atoms with Gasteiger partial charge in [0.2, 0.25) is 0 Å². The molecule has 0 saturated carbocycles. The molecule has 0 aliphatic carbocycles. The van der Waals surface area contributed by atoms with Crippen LogP contribution in [-0.4, -0.2) is 23.3 Å². The maximum atomic E-state index is 13.1. The minimum Gasteiger partial charge on any atom is -0.337 e. The smallest absolute Gasteiger partial charge is 0.269 e. The summed E-state index contributed by atoms with van der Waals surface area (Å²) in [5, 5.41) is 16.1. The van der Waals surface area contributed by atoms with Crippen molar-refractivity contribution >= 4 is 54.8 Å². The molecule has 0 bridgehead atoms. The van der Waals surface area contributed by atoms with Crippen LogP contribution in [0.15, 0.2) is 95.9 Å². The molecule has 0 spiro atoms.